The fourth-order valence-electron chi connectivity index (χ4n) is 2.19. The predicted molar refractivity (Wildman–Crippen MR) is 101 cm³/mol. The Morgan fingerprint density at radius 3 is 2.44 bits per heavy atom. The Balaban J connectivity index is 1.82. The highest BCUT2D eigenvalue weighted by molar-refractivity contribution is 8.01. The molecule has 0 bridgehead atoms. The van der Waals surface area contributed by atoms with Crippen LogP contribution in [0.1, 0.15) is 19.4 Å². The number of amides is 2. The molecule has 0 aromatic heterocycles. The number of thioether (sulfide) groups is 1. The smallest absolute Gasteiger partial charge is 0.237 e. The Bertz CT molecular complexity index is 734. The van der Waals surface area contributed by atoms with Crippen molar-refractivity contribution in [2.24, 2.45) is 0 Å². The largest absolute Gasteiger partial charge is 0.325 e. The number of benzene rings is 2. The van der Waals surface area contributed by atoms with Gasteiger partial charge in [0.15, 0.2) is 0 Å². The Morgan fingerprint density at radius 2 is 1.76 bits per heavy atom. The summed E-state index contributed by atoms with van der Waals surface area (Å²) < 4.78 is 12.8. The summed E-state index contributed by atoms with van der Waals surface area (Å²) in [6.07, 6.45) is 0.831. The molecule has 0 aliphatic heterocycles. The summed E-state index contributed by atoms with van der Waals surface area (Å²) in [6.45, 7) is 3.79. The molecule has 25 heavy (non-hydrogen) atoms. The summed E-state index contributed by atoms with van der Waals surface area (Å²) >= 11 is 1.25. The summed E-state index contributed by atoms with van der Waals surface area (Å²) in [6, 6.07) is 13.2. The fourth-order valence-corrected chi connectivity index (χ4v) is 2.88. The highest BCUT2D eigenvalue weighted by Gasteiger charge is 2.16. The quantitative estimate of drug-likeness (QED) is 0.782. The van der Waals surface area contributed by atoms with E-state index in [1.807, 2.05) is 31.2 Å². The van der Waals surface area contributed by atoms with Gasteiger partial charge in [-0.25, -0.2) is 4.39 Å². The van der Waals surface area contributed by atoms with Crippen molar-refractivity contribution in [2.45, 2.75) is 25.5 Å². The van der Waals surface area contributed by atoms with E-state index in [0.717, 1.165) is 17.7 Å². The van der Waals surface area contributed by atoms with Gasteiger partial charge in [-0.1, -0.05) is 25.1 Å². The Kier molecular flexibility index (Phi) is 7.01. The molecule has 2 aromatic rings. The van der Waals surface area contributed by atoms with Crippen LogP contribution in [0.25, 0.3) is 0 Å². The van der Waals surface area contributed by atoms with Gasteiger partial charge in [0.05, 0.1) is 11.0 Å². The zero-order valence-corrected chi connectivity index (χ0v) is 15.0. The van der Waals surface area contributed by atoms with E-state index in [9.17, 15) is 14.0 Å². The van der Waals surface area contributed by atoms with E-state index in [2.05, 4.69) is 10.6 Å². The van der Waals surface area contributed by atoms with Crippen LogP contribution in [-0.4, -0.2) is 22.8 Å². The van der Waals surface area contributed by atoms with E-state index >= 15 is 0 Å². The molecule has 132 valence electrons. The van der Waals surface area contributed by atoms with Crippen LogP contribution in [0.4, 0.5) is 15.8 Å². The lowest BCUT2D eigenvalue weighted by atomic mass is 10.1. The third-order valence-corrected chi connectivity index (χ3v) is 4.76. The van der Waals surface area contributed by atoms with E-state index in [-0.39, 0.29) is 28.6 Å². The van der Waals surface area contributed by atoms with Crippen LogP contribution in [-0.2, 0) is 16.0 Å². The average molecular weight is 360 g/mol. The second-order valence-electron chi connectivity index (χ2n) is 5.51. The van der Waals surface area contributed by atoms with Crippen LogP contribution in [0.3, 0.4) is 0 Å². The van der Waals surface area contributed by atoms with Gasteiger partial charge in [-0.2, -0.15) is 0 Å². The third-order valence-electron chi connectivity index (χ3n) is 3.62. The van der Waals surface area contributed by atoms with Crippen LogP contribution in [0.5, 0.6) is 0 Å². The van der Waals surface area contributed by atoms with Crippen LogP contribution in [0.15, 0.2) is 48.5 Å². The zero-order chi connectivity index (χ0) is 18.2. The summed E-state index contributed by atoms with van der Waals surface area (Å²) in [5.74, 6) is -0.586. The van der Waals surface area contributed by atoms with Gasteiger partial charge >= 0.3 is 0 Å². The number of anilines is 2. The molecule has 2 aromatic carbocycles. The molecule has 0 aliphatic rings. The van der Waals surface area contributed by atoms with E-state index in [0.29, 0.717) is 5.69 Å². The Morgan fingerprint density at radius 1 is 1.08 bits per heavy atom. The van der Waals surface area contributed by atoms with Crippen molar-refractivity contribution in [3.05, 3.63) is 59.9 Å². The number of hydrogen-bond donors (Lipinski definition) is 2. The lowest BCUT2D eigenvalue weighted by molar-refractivity contribution is -0.115. The van der Waals surface area contributed by atoms with Crippen molar-refractivity contribution in [3.8, 4) is 0 Å². The first-order valence-electron chi connectivity index (χ1n) is 8.05. The van der Waals surface area contributed by atoms with Crippen molar-refractivity contribution in [3.63, 3.8) is 0 Å². The Hall–Kier alpha value is -2.34. The molecule has 0 fully saturated rings. The molecule has 0 radical (unpaired) electrons. The third kappa shape index (κ3) is 5.90. The normalized spacial score (nSPS) is 11.6. The first kappa shape index (κ1) is 19.0. The SMILES string of the molecule is CCc1ccccc1NC(=O)C(C)SCC(=O)Nc1ccc(F)cc1. The number of hydrogen-bond acceptors (Lipinski definition) is 3. The first-order valence-corrected chi connectivity index (χ1v) is 9.10. The van der Waals surface area contributed by atoms with Crippen LogP contribution < -0.4 is 10.6 Å². The highest BCUT2D eigenvalue weighted by Crippen LogP contribution is 2.19. The molecule has 2 amide bonds. The number of para-hydroxylation sites is 1. The molecule has 0 aliphatic carbocycles. The second kappa shape index (κ2) is 9.22. The highest BCUT2D eigenvalue weighted by atomic mass is 32.2. The molecule has 0 saturated carbocycles. The van der Waals surface area contributed by atoms with Gasteiger partial charge in [0.1, 0.15) is 5.82 Å². The molecule has 1 atom stereocenters. The second-order valence-corrected chi connectivity index (χ2v) is 6.84. The van der Waals surface area contributed by atoms with E-state index in [1.165, 1.54) is 36.0 Å². The number of carbonyl (C=O) groups is 2. The van der Waals surface area contributed by atoms with Crippen LogP contribution in [0, 0.1) is 5.82 Å². The number of rotatable bonds is 7. The van der Waals surface area contributed by atoms with E-state index < -0.39 is 0 Å². The van der Waals surface area contributed by atoms with Crippen LogP contribution >= 0.6 is 11.8 Å². The number of carbonyl (C=O) groups excluding carboxylic acids is 2. The molecule has 4 nitrogen and oxygen atoms in total. The summed E-state index contributed by atoms with van der Waals surface area (Å²) in [5, 5.41) is 5.21. The average Bonchev–Trinajstić information content (AvgIpc) is 2.62. The van der Waals surface area contributed by atoms with Gasteiger partial charge in [0.2, 0.25) is 11.8 Å². The number of nitrogens with one attached hydrogen (secondary N) is 2. The molecule has 2 rings (SSSR count). The van der Waals surface area contributed by atoms with Gasteiger partial charge < -0.3 is 10.6 Å². The monoisotopic (exact) mass is 360 g/mol. The lowest BCUT2D eigenvalue weighted by Gasteiger charge is -2.14. The lowest BCUT2D eigenvalue weighted by Crippen LogP contribution is -2.25. The van der Waals surface area contributed by atoms with Crippen molar-refractivity contribution in [1.82, 2.24) is 0 Å². The van der Waals surface area contributed by atoms with E-state index in [1.54, 1.807) is 6.92 Å². The standard InChI is InChI=1S/C19H21FN2O2S/c1-3-14-6-4-5-7-17(14)22-19(24)13(2)25-12-18(23)21-16-10-8-15(20)9-11-16/h4-11,13H,3,12H2,1-2H3,(H,21,23)(H,22,24). The van der Waals surface area contributed by atoms with Crippen molar-refractivity contribution >= 4 is 35.0 Å². The van der Waals surface area contributed by atoms with Gasteiger partial charge in [-0.05, 0) is 49.2 Å². The number of aryl methyl sites for hydroxylation is 1. The maximum Gasteiger partial charge on any atom is 0.237 e. The van der Waals surface area contributed by atoms with Crippen molar-refractivity contribution in [1.29, 1.82) is 0 Å². The Labute approximate surface area is 151 Å². The number of halogens is 1. The molecule has 0 saturated heterocycles. The molecule has 0 spiro atoms. The minimum Gasteiger partial charge on any atom is -0.325 e. The summed E-state index contributed by atoms with van der Waals surface area (Å²) in [4.78, 5) is 24.2. The summed E-state index contributed by atoms with van der Waals surface area (Å²) in [5.41, 5.74) is 2.40. The van der Waals surface area contributed by atoms with Gasteiger partial charge in [-0.15, -0.1) is 11.8 Å². The minimum atomic E-state index is -0.371. The maximum absolute atomic E-state index is 12.8. The predicted octanol–water partition coefficient (Wildman–Crippen LogP) is 4.09. The van der Waals surface area contributed by atoms with Gasteiger partial charge in [-0.3, -0.25) is 9.59 Å². The van der Waals surface area contributed by atoms with Gasteiger partial charge in [0.25, 0.3) is 0 Å². The zero-order valence-electron chi connectivity index (χ0n) is 14.2. The van der Waals surface area contributed by atoms with E-state index in [4.69, 9.17) is 0 Å². The molecular weight excluding hydrogens is 339 g/mol. The molecule has 0 heterocycles. The van der Waals surface area contributed by atoms with Crippen molar-refractivity contribution in [2.75, 3.05) is 16.4 Å². The van der Waals surface area contributed by atoms with Crippen LogP contribution in [0.2, 0.25) is 0 Å². The molecule has 2 N–H and O–H groups in total. The first-order chi connectivity index (χ1) is 12.0. The molecular formula is C19H21FN2O2S. The maximum atomic E-state index is 12.8. The topological polar surface area (TPSA) is 58.2 Å². The molecule has 1 unspecified atom stereocenters. The minimum absolute atomic E-state index is 0.138. The summed E-state index contributed by atoms with van der Waals surface area (Å²) in [7, 11) is 0. The molecule has 6 heteroatoms. The van der Waals surface area contributed by atoms with Gasteiger partial charge in [0, 0.05) is 11.4 Å². The fraction of sp³-hybridized carbons (Fsp3) is 0.263. The van der Waals surface area contributed by atoms with Crippen molar-refractivity contribution < 1.29 is 14.0 Å².